The van der Waals surface area contributed by atoms with E-state index in [1.54, 1.807) is 18.2 Å². The summed E-state index contributed by atoms with van der Waals surface area (Å²) in [7, 11) is 0. The summed E-state index contributed by atoms with van der Waals surface area (Å²) in [6.45, 7) is 5.06. The maximum Gasteiger partial charge on any atom is 0.174 e. The number of carbonyl (C=O) groups is 1. The summed E-state index contributed by atoms with van der Waals surface area (Å²) in [5, 5.41) is 1.20. The lowest BCUT2D eigenvalue weighted by Crippen LogP contribution is -2.33. The Morgan fingerprint density at radius 3 is 2.70 bits per heavy atom. The normalized spacial score (nSPS) is 15.3. The predicted molar refractivity (Wildman–Crippen MR) is 122 cm³/mol. The van der Waals surface area contributed by atoms with E-state index >= 15 is 0 Å². The van der Waals surface area contributed by atoms with Crippen molar-refractivity contribution in [2.75, 3.05) is 12.4 Å². The Balaban J connectivity index is 1.45. The molecule has 4 rings (SSSR count). The molecule has 1 aliphatic rings. The minimum atomic E-state index is -0.118. The van der Waals surface area contributed by atoms with Crippen molar-refractivity contribution in [3.05, 3.63) is 75.5 Å². The summed E-state index contributed by atoms with van der Waals surface area (Å²) >= 11 is 13.6. The number of para-hydroxylation sites is 2. The maximum absolute atomic E-state index is 12.9. The van der Waals surface area contributed by atoms with Crippen molar-refractivity contribution in [1.29, 1.82) is 0 Å². The molecule has 1 atom stereocenters. The Morgan fingerprint density at radius 2 is 1.90 bits per heavy atom. The van der Waals surface area contributed by atoms with E-state index in [0.717, 1.165) is 33.3 Å². The molecule has 0 saturated heterocycles. The van der Waals surface area contributed by atoms with Gasteiger partial charge in [0.15, 0.2) is 23.4 Å². The van der Waals surface area contributed by atoms with E-state index in [-0.39, 0.29) is 11.9 Å². The average Bonchev–Trinajstić information content (AvgIpc) is 3.02. The molecular formula is C23H21Cl2NO3S. The second-order valence-electron chi connectivity index (χ2n) is 7.18. The van der Waals surface area contributed by atoms with E-state index in [4.69, 9.17) is 32.7 Å². The highest BCUT2D eigenvalue weighted by molar-refractivity contribution is 8.00. The molecule has 0 aliphatic carbocycles. The van der Waals surface area contributed by atoms with Crippen LogP contribution in [-0.4, -0.2) is 28.8 Å². The second kappa shape index (κ2) is 8.96. The average molecular weight is 462 g/mol. The fourth-order valence-electron chi connectivity index (χ4n) is 3.53. The Hall–Kier alpha value is -2.08. The van der Waals surface area contributed by atoms with Crippen LogP contribution in [0.5, 0.6) is 11.5 Å². The summed E-state index contributed by atoms with van der Waals surface area (Å²) in [6, 6.07) is 14.9. The zero-order valence-corrected chi connectivity index (χ0v) is 19.0. The third kappa shape index (κ3) is 4.48. The number of nitrogens with zero attached hydrogens (tertiary/aromatic N) is 1. The largest absolute Gasteiger partial charge is 0.486 e. The molecule has 0 saturated carbocycles. The van der Waals surface area contributed by atoms with Gasteiger partial charge in [-0.25, -0.2) is 0 Å². The summed E-state index contributed by atoms with van der Waals surface area (Å²) < 4.78 is 14.0. The molecule has 1 aromatic heterocycles. The lowest BCUT2D eigenvalue weighted by Gasteiger charge is -2.27. The van der Waals surface area contributed by atoms with Crippen LogP contribution in [0.3, 0.4) is 0 Å². The summed E-state index contributed by atoms with van der Waals surface area (Å²) in [5.41, 5.74) is 2.66. The number of hydrogen-bond acceptors (Lipinski definition) is 4. The topological polar surface area (TPSA) is 40.5 Å². The van der Waals surface area contributed by atoms with Crippen molar-refractivity contribution in [2.45, 2.75) is 31.4 Å². The number of aryl methyl sites for hydroxylation is 1. The first-order valence-corrected chi connectivity index (χ1v) is 11.3. The number of ketones is 1. The molecule has 30 heavy (non-hydrogen) atoms. The van der Waals surface area contributed by atoms with Gasteiger partial charge in [0.2, 0.25) is 0 Å². The van der Waals surface area contributed by atoms with Crippen molar-refractivity contribution in [2.24, 2.45) is 0 Å². The molecule has 0 fully saturated rings. The molecule has 0 unspecified atom stereocenters. The molecule has 1 aliphatic heterocycles. The third-order valence-electron chi connectivity index (χ3n) is 5.08. The number of Topliss-reactive ketones (excluding diaryl/α,β-unsaturated/α-hetero) is 1. The fraction of sp³-hybridized carbons (Fsp3) is 0.261. The number of carbonyl (C=O) groups excluding carboxylic acids is 1. The highest BCUT2D eigenvalue weighted by Crippen LogP contribution is 2.33. The van der Waals surface area contributed by atoms with Crippen molar-refractivity contribution in [3.63, 3.8) is 0 Å². The minimum absolute atomic E-state index is 0.0570. The number of ether oxygens (including phenoxy) is 2. The Morgan fingerprint density at radius 1 is 1.13 bits per heavy atom. The zero-order chi connectivity index (χ0) is 21.3. The van der Waals surface area contributed by atoms with Gasteiger partial charge in [0.25, 0.3) is 0 Å². The summed E-state index contributed by atoms with van der Waals surface area (Å²) in [6.07, 6.45) is -0.118. The summed E-state index contributed by atoms with van der Waals surface area (Å²) in [4.78, 5) is 13.7. The molecular weight excluding hydrogens is 441 g/mol. The molecule has 2 heterocycles. The van der Waals surface area contributed by atoms with E-state index in [0.29, 0.717) is 28.9 Å². The lowest BCUT2D eigenvalue weighted by atomic mass is 10.2. The van der Waals surface area contributed by atoms with Crippen LogP contribution >= 0.6 is 35.0 Å². The number of aromatic nitrogens is 1. The van der Waals surface area contributed by atoms with E-state index in [9.17, 15) is 4.79 Å². The Kier molecular flexibility index (Phi) is 6.32. The summed E-state index contributed by atoms with van der Waals surface area (Å²) in [5.74, 6) is 1.87. The predicted octanol–water partition coefficient (Wildman–Crippen LogP) is 6.23. The van der Waals surface area contributed by atoms with Gasteiger partial charge in [0.1, 0.15) is 6.61 Å². The van der Waals surface area contributed by atoms with Crippen LogP contribution in [0.2, 0.25) is 10.0 Å². The molecule has 0 radical (unpaired) electrons. The van der Waals surface area contributed by atoms with Crippen LogP contribution in [0.4, 0.5) is 0 Å². The number of fused-ring (bicyclic) bond motifs is 1. The molecule has 2 aromatic carbocycles. The van der Waals surface area contributed by atoms with Gasteiger partial charge in [-0.2, -0.15) is 0 Å². The molecule has 0 bridgehead atoms. The van der Waals surface area contributed by atoms with Crippen molar-refractivity contribution >= 4 is 40.7 Å². The SMILES string of the molecule is Cc1cc(C(=O)CSc2cc(Cl)ccc2Cl)c(C)n1C[C@@H]1COc2ccccc2O1. The highest BCUT2D eigenvalue weighted by atomic mass is 35.5. The van der Waals surface area contributed by atoms with Gasteiger partial charge in [-0.3, -0.25) is 4.79 Å². The molecule has 156 valence electrons. The third-order valence-corrected chi connectivity index (χ3v) is 6.81. The lowest BCUT2D eigenvalue weighted by molar-refractivity contribution is 0.0777. The number of rotatable bonds is 6. The standard InChI is InChI=1S/C23H21Cl2NO3S/c1-14-9-18(20(27)13-30-23-10-16(24)7-8-19(23)25)15(2)26(14)11-17-12-28-21-5-3-4-6-22(21)29-17/h3-10,17H,11-13H2,1-2H3/t17-/m1/s1. The van der Waals surface area contributed by atoms with Gasteiger partial charge in [0, 0.05) is 26.9 Å². The number of halogens is 2. The molecule has 0 N–H and O–H groups in total. The highest BCUT2D eigenvalue weighted by Gasteiger charge is 2.24. The van der Waals surface area contributed by atoms with Crippen molar-refractivity contribution in [3.8, 4) is 11.5 Å². The quantitative estimate of drug-likeness (QED) is 0.322. The van der Waals surface area contributed by atoms with Crippen LogP contribution in [-0.2, 0) is 6.54 Å². The van der Waals surface area contributed by atoms with Gasteiger partial charge in [-0.05, 0) is 50.2 Å². The van der Waals surface area contributed by atoms with Crippen LogP contribution in [0.15, 0.2) is 53.4 Å². The maximum atomic E-state index is 12.9. The van der Waals surface area contributed by atoms with Gasteiger partial charge < -0.3 is 14.0 Å². The van der Waals surface area contributed by atoms with Gasteiger partial charge in [-0.15, -0.1) is 11.8 Å². The second-order valence-corrected chi connectivity index (χ2v) is 9.04. The number of hydrogen-bond donors (Lipinski definition) is 0. The molecule has 7 heteroatoms. The van der Waals surface area contributed by atoms with Crippen molar-refractivity contribution < 1.29 is 14.3 Å². The van der Waals surface area contributed by atoms with Crippen LogP contribution in [0.1, 0.15) is 21.7 Å². The Labute approximate surface area is 190 Å². The number of benzene rings is 2. The monoisotopic (exact) mass is 461 g/mol. The molecule has 4 nitrogen and oxygen atoms in total. The van der Waals surface area contributed by atoms with Gasteiger partial charge >= 0.3 is 0 Å². The first-order chi connectivity index (χ1) is 14.4. The van der Waals surface area contributed by atoms with E-state index in [1.807, 2.05) is 44.2 Å². The Bertz CT molecular complexity index is 1100. The van der Waals surface area contributed by atoms with E-state index < -0.39 is 0 Å². The smallest absolute Gasteiger partial charge is 0.174 e. The van der Waals surface area contributed by atoms with Gasteiger partial charge in [-0.1, -0.05) is 35.3 Å². The van der Waals surface area contributed by atoms with E-state index in [1.165, 1.54) is 11.8 Å². The van der Waals surface area contributed by atoms with Crippen molar-refractivity contribution in [1.82, 2.24) is 4.57 Å². The van der Waals surface area contributed by atoms with Crippen LogP contribution in [0, 0.1) is 13.8 Å². The molecule has 0 amide bonds. The van der Waals surface area contributed by atoms with E-state index in [2.05, 4.69) is 4.57 Å². The number of thioether (sulfide) groups is 1. The fourth-order valence-corrected chi connectivity index (χ4v) is 4.91. The molecule has 0 spiro atoms. The van der Waals surface area contributed by atoms with Gasteiger partial charge in [0.05, 0.1) is 17.3 Å². The van der Waals surface area contributed by atoms with Crippen LogP contribution in [0.25, 0.3) is 0 Å². The first kappa shape index (κ1) is 21.2. The minimum Gasteiger partial charge on any atom is -0.486 e. The first-order valence-electron chi connectivity index (χ1n) is 9.58. The molecule has 3 aromatic rings. The van der Waals surface area contributed by atoms with Crippen LogP contribution < -0.4 is 9.47 Å². The zero-order valence-electron chi connectivity index (χ0n) is 16.7.